The van der Waals surface area contributed by atoms with Crippen LogP contribution >= 0.6 is 11.6 Å². The first-order chi connectivity index (χ1) is 10.1. The molecule has 3 rings (SSSR count). The molecule has 1 amide bonds. The first-order valence-corrected chi connectivity index (χ1v) is 6.38. The number of alkyl halides is 1. The average molecular weight is 303 g/mol. The Labute approximate surface area is 124 Å². The van der Waals surface area contributed by atoms with Crippen molar-refractivity contribution in [1.29, 1.82) is 0 Å². The molecule has 1 aliphatic heterocycles. The number of carbonyl (C=O) groups is 1. The van der Waals surface area contributed by atoms with E-state index in [4.69, 9.17) is 16.3 Å². The van der Waals surface area contributed by atoms with Crippen LogP contribution in [0.5, 0.6) is 0 Å². The second-order valence-corrected chi connectivity index (χ2v) is 4.70. The van der Waals surface area contributed by atoms with E-state index in [9.17, 15) is 9.18 Å². The van der Waals surface area contributed by atoms with Gasteiger partial charge in [-0.3, -0.25) is 5.32 Å². The average Bonchev–Trinajstić information content (AvgIpc) is 2.47. The number of halogens is 2. The van der Waals surface area contributed by atoms with Crippen molar-refractivity contribution in [3.63, 3.8) is 0 Å². The summed E-state index contributed by atoms with van der Waals surface area (Å²) in [6.07, 6.45) is 0.622. The largest absolute Gasteiger partial charge is 0.415 e. The van der Waals surface area contributed by atoms with Gasteiger partial charge in [-0.25, -0.2) is 9.78 Å². The van der Waals surface area contributed by atoms with E-state index in [0.29, 0.717) is 10.7 Å². The SMILES string of the molecule is O=C1Nc2ccc(Cl)cc2C(F)(C#Cc2ccccn2)O1. The van der Waals surface area contributed by atoms with Crippen molar-refractivity contribution in [2.75, 3.05) is 5.32 Å². The zero-order chi connectivity index (χ0) is 14.9. The lowest BCUT2D eigenvalue weighted by Gasteiger charge is -2.27. The Morgan fingerprint density at radius 1 is 1.33 bits per heavy atom. The number of hydrogen-bond acceptors (Lipinski definition) is 3. The second kappa shape index (κ2) is 5.08. The molecule has 104 valence electrons. The molecule has 1 N–H and O–H groups in total. The van der Waals surface area contributed by atoms with Crippen LogP contribution in [-0.2, 0) is 10.6 Å². The Morgan fingerprint density at radius 3 is 2.95 bits per heavy atom. The highest BCUT2D eigenvalue weighted by Crippen LogP contribution is 2.38. The van der Waals surface area contributed by atoms with Crippen LogP contribution in [0.2, 0.25) is 5.02 Å². The first kappa shape index (κ1) is 13.4. The highest BCUT2D eigenvalue weighted by Gasteiger charge is 2.41. The molecule has 4 nitrogen and oxygen atoms in total. The highest BCUT2D eigenvalue weighted by atomic mass is 35.5. The normalized spacial score (nSPS) is 19.6. The minimum Gasteiger partial charge on any atom is -0.396 e. The van der Waals surface area contributed by atoms with Gasteiger partial charge in [-0.15, -0.1) is 0 Å². The lowest BCUT2D eigenvalue weighted by Crippen LogP contribution is -2.35. The fourth-order valence-corrected chi connectivity index (χ4v) is 2.06. The maximum Gasteiger partial charge on any atom is 0.415 e. The molecule has 2 aromatic rings. The Morgan fingerprint density at radius 2 is 2.19 bits per heavy atom. The van der Waals surface area contributed by atoms with Crippen LogP contribution < -0.4 is 5.32 Å². The molecule has 0 saturated carbocycles. The number of pyridine rings is 1. The fourth-order valence-electron chi connectivity index (χ4n) is 1.88. The van der Waals surface area contributed by atoms with Gasteiger partial charge in [-0.1, -0.05) is 17.7 Å². The van der Waals surface area contributed by atoms with E-state index in [-0.39, 0.29) is 11.3 Å². The summed E-state index contributed by atoms with van der Waals surface area (Å²) < 4.78 is 19.6. The summed E-state index contributed by atoms with van der Waals surface area (Å²) in [7, 11) is 0. The molecule has 0 spiro atoms. The summed E-state index contributed by atoms with van der Waals surface area (Å²) in [4.78, 5) is 15.4. The molecule has 2 heterocycles. The van der Waals surface area contributed by atoms with E-state index in [0.717, 1.165) is 0 Å². The third-order valence-corrected chi connectivity index (χ3v) is 3.05. The van der Waals surface area contributed by atoms with Crippen molar-refractivity contribution in [2.45, 2.75) is 5.85 Å². The van der Waals surface area contributed by atoms with E-state index in [2.05, 4.69) is 22.1 Å². The standard InChI is InChI=1S/C15H8ClFN2O2/c16-10-4-5-13-12(9-10)15(17,21-14(20)19-13)7-6-11-3-1-2-8-18-11/h1-5,8-9H,(H,19,20). The topological polar surface area (TPSA) is 51.2 Å². The van der Waals surface area contributed by atoms with Gasteiger partial charge >= 0.3 is 11.9 Å². The van der Waals surface area contributed by atoms with Crippen LogP contribution in [0.15, 0.2) is 42.6 Å². The minimum absolute atomic E-state index is 0.0537. The fraction of sp³-hybridized carbons (Fsp3) is 0.0667. The molecule has 0 saturated heterocycles. The quantitative estimate of drug-likeness (QED) is 0.758. The number of carbonyl (C=O) groups excluding carboxylic acids is 1. The molecular formula is C15H8ClFN2O2. The summed E-state index contributed by atoms with van der Waals surface area (Å²) >= 11 is 5.86. The third-order valence-electron chi connectivity index (χ3n) is 2.81. The molecule has 1 aromatic heterocycles. The summed E-state index contributed by atoms with van der Waals surface area (Å²) in [6, 6.07) is 9.46. The first-order valence-electron chi connectivity index (χ1n) is 6.00. The lowest BCUT2D eigenvalue weighted by molar-refractivity contribution is -0.0485. The van der Waals surface area contributed by atoms with Crippen molar-refractivity contribution >= 4 is 23.4 Å². The zero-order valence-corrected chi connectivity index (χ0v) is 11.3. The van der Waals surface area contributed by atoms with Crippen LogP contribution in [-0.4, -0.2) is 11.1 Å². The van der Waals surface area contributed by atoms with Crippen LogP contribution in [0.3, 0.4) is 0 Å². The maximum atomic E-state index is 14.9. The zero-order valence-electron chi connectivity index (χ0n) is 10.6. The summed E-state index contributed by atoms with van der Waals surface area (Å²) in [6.45, 7) is 0. The Kier molecular flexibility index (Phi) is 3.24. The number of hydrogen-bond donors (Lipinski definition) is 1. The monoisotopic (exact) mass is 302 g/mol. The molecule has 6 heteroatoms. The van der Waals surface area contributed by atoms with E-state index >= 15 is 0 Å². The van der Waals surface area contributed by atoms with Crippen molar-refractivity contribution < 1.29 is 13.9 Å². The van der Waals surface area contributed by atoms with Gasteiger partial charge < -0.3 is 4.74 Å². The van der Waals surface area contributed by atoms with Gasteiger partial charge in [-0.2, -0.15) is 4.39 Å². The molecule has 0 radical (unpaired) electrons. The maximum absolute atomic E-state index is 14.9. The number of rotatable bonds is 0. The molecule has 1 unspecified atom stereocenters. The molecule has 0 bridgehead atoms. The number of cyclic esters (lactones) is 1. The van der Waals surface area contributed by atoms with Crippen LogP contribution in [0.4, 0.5) is 14.9 Å². The van der Waals surface area contributed by atoms with Crippen LogP contribution in [0, 0.1) is 11.8 Å². The van der Waals surface area contributed by atoms with Gasteiger partial charge in [0.15, 0.2) is 0 Å². The number of benzene rings is 1. The smallest absolute Gasteiger partial charge is 0.396 e. The van der Waals surface area contributed by atoms with Crippen LogP contribution in [0.25, 0.3) is 0 Å². The van der Waals surface area contributed by atoms with Gasteiger partial charge in [0.1, 0.15) is 5.69 Å². The number of ether oxygens (including phenoxy) is 1. The molecular weight excluding hydrogens is 295 g/mol. The molecule has 0 fully saturated rings. The molecule has 21 heavy (non-hydrogen) atoms. The van der Waals surface area contributed by atoms with Crippen LogP contribution in [0.1, 0.15) is 11.3 Å². The van der Waals surface area contributed by atoms with E-state index < -0.39 is 11.9 Å². The number of nitrogens with zero attached hydrogens (tertiary/aromatic N) is 1. The summed E-state index contributed by atoms with van der Waals surface area (Å²) in [5.74, 6) is 2.29. The third kappa shape index (κ3) is 2.67. The van der Waals surface area contributed by atoms with E-state index in [1.54, 1.807) is 24.3 Å². The molecule has 1 aromatic carbocycles. The number of anilines is 1. The van der Waals surface area contributed by atoms with Gasteiger partial charge in [0.05, 0.1) is 11.3 Å². The molecule has 0 aliphatic carbocycles. The van der Waals surface area contributed by atoms with Crippen molar-refractivity contribution in [3.05, 3.63) is 58.9 Å². The number of fused-ring (bicyclic) bond motifs is 1. The molecule has 1 aliphatic rings. The summed E-state index contributed by atoms with van der Waals surface area (Å²) in [5.41, 5.74) is 0.694. The van der Waals surface area contributed by atoms with Crippen molar-refractivity contribution in [3.8, 4) is 11.8 Å². The van der Waals surface area contributed by atoms with Gasteiger partial charge in [0.25, 0.3) is 0 Å². The Balaban J connectivity index is 2.07. The lowest BCUT2D eigenvalue weighted by atomic mass is 10.0. The van der Waals surface area contributed by atoms with Gasteiger partial charge in [0.2, 0.25) is 0 Å². The van der Waals surface area contributed by atoms with Gasteiger partial charge in [-0.05, 0) is 42.2 Å². The highest BCUT2D eigenvalue weighted by molar-refractivity contribution is 6.30. The predicted octanol–water partition coefficient (Wildman–Crippen LogP) is 3.47. The Bertz CT molecular complexity index is 770. The number of amides is 1. The van der Waals surface area contributed by atoms with E-state index in [1.165, 1.54) is 18.3 Å². The minimum atomic E-state index is -2.57. The number of nitrogens with one attached hydrogen (secondary N) is 1. The predicted molar refractivity (Wildman–Crippen MR) is 75.5 cm³/mol. The van der Waals surface area contributed by atoms with Gasteiger partial charge in [0, 0.05) is 11.2 Å². The Hall–Kier alpha value is -2.58. The number of aromatic nitrogens is 1. The van der Waals surface area contributed by atoms with Crippen molar-refractivity contribution in [2.24, 2.45) is 0 Å². The van der Waals surface area contributed by atoms with E-state index in [1.807, 2.05) is 0 Å². The second-order valence-electron chi connectivity index (χ2n) is 4.26. The molecule has 1 atom stereocenters. The summed E-state index contributed by atoms with van der Waals surface area (Å²) in [5, 5.41) is 2.71. The van der Waals surface area contributed by atoms with Crippen molar-refractivity contribution in [1.82, 2.24) is 4.98 Å².